The maximum absolute atomic E-state index is 11.4. The van der Waals surface area contributed by atoms with Gasteiger partial charge < -0.3 is 20.4 Å². The second-order valence-electron chi connectivity index (χ2n) is 3.56. The number of nitrogens with one attached hydrogen (secondary N) is 1. The fourth-order valence-corrected chi connectivity index (χ4v) is 1.49. The van der Waals surface area contributed by atoms with Gasteiger partial charge in [-0.05, 0) is 12.8 Å². The smallest absolute Gasteiger partial charge is 0.236 e. The topological polar surface area (TPSA) is 72.8 Å². The number of amides is 1. The molecule has 3 N–H and O–H groups in total. The Labute approximate surface area is 83.7 Å². The lowest BCUT2D eigenvalue weighted by atomic mass is 10.3. The number of carbonyl (C=O) groups excluding carboxylic acids is 1. The third kappa shape index (κ3) is 3.61. The van der Waals surface area contributed by atoms with Crippen LogP contribution in [0.1, 0.15) is 12.8 Å². The third-order valence-electron chi connectivity index (χ3n) is 2.33. The molecule has 1 amide bonds. The molecule has 1 saturated heterocycles. The van der Waals surface area contributed by atoms with Crippen LogP contribution in [0.3, 0.4) is 0 Å². The predicted octanol–water partition coefficient (Wildman–Crippen LogP) is -1.45. The number of carbonyl (C=O) groups is 1. The molecule has 0 aromatic heterocycles. The predicted molar refractivity (Wildman–Crippen MR) is 51.8 cm³/mol. The molecule has 1 unspecified atom stereocenters. The molecule has 1 aliphatic heterocycles. The largest absolute Gasteiger partial charge is 0.394 e. The molecule has 1 fully saturated rings. The highest BCUT2D eigenvalue weighted by atomic mass is 16.3. The third-order valence-corrected chi connectivity index (χ3v) is 2.33. The zero-order chi connectivity index (χ0) is 10.4. The monoisotopic (exact) mass is 202 g/mol. The van der Waals surface area contributed by atoms with Gasteiger partial charge in [0.1, 0.15) is 0 Å². The number of rotatable bonds is 5. The van der Waals surface area contributed by atoms with Crippen LogP contribution in [0.25, 0.3) is 0 Å². The summed E-state index contributed by atoms with van der Waals surface area (Å²) in [6.07, 6.45) is 1.40. The molecule has 0 saturated carbocycles. The summed E-state index contributed by atoms with van der Waals surface area (Å²) >= 11 is 0. The highest BCUT2D eigenvalue weighted by Gasteiger charge is 2.17. The Bertz CT molecular complexity index is 181. The maximum Gasteiger partial charge on any atom is 0.236 e. The summed E-state index contributed by atoms with van der Waals surface area (Å²) in [6.45, 7) is 1.93. The van der Waals surface area contributed by atoms with Gasteiger partial charge in [0.2, 0.25) is 5.91 Å². The molecule has 0 aromatic rings. The second-order valence-corrected chi connectivity index (χ2v) is 3.56. The van der Waals surface area contributed by atoms with Gasteiger partial charge in [-0.15, -0.1) is 0 Å². The SMILES string of the molecule is O=C(CNCC(O)CO)N1CCCC1. The van der Waals surface area contributed by atoms with E-state index in [9.17, 15) is 4.79 Å². The fourth-order valence-electron chi connectivity index (χ4n) is 1.49. The lowest BCUT2D eigenvalue weighted by Gasteiger charge is -2.16. The normalized spacial score (nSPS) is 18.6. The van der Waals surface area contributed by atoms with Crippen LogP contribution >= 0.6 is 0 Å². The van der Waals surface area contributed by atoms with Crippen LogP contribution in [0, 0.1) is 0 Å². The van der Waals surface area contributed by atoms with Crippen molar-refractivity contribution in [2.45, 2.75) is 18.9 Å². The van der Waals surface area contributed by atoms with E-state index >= 15 is 0 Å². The molecule has 0 aliphatic carbocycles. The highest BCUT2D eigenvalue weighted by molar-refractivity contribution is 5.78. The lowest BCUT2D eigenvalue weighted by molar-refractivity contribution is -0.129. The van der Waals surface area contributed by atoms with E-state index in [0.717, 1.165) is 25.9 Å². The van der Waals surface area contributed by atoms with Gasteiger partial charge in [0.25, 0.3) is 0 Å². The molecule has 0 aromatic carbocycles. The van der Waals surface area contributed by atoms with Crippen LogP contribution in [0.2, 0.25) is 0 Å². The molecule has 5 heteroatoms. The molecule has 0 bridgehead atoms. The Kier molecular flexibility index (Phi) is 4.86. The van der Waals surface area contributed by atoms with E-state index in [2.05, 4.69) is 5.32 Å². The number of nitrogens with zero attached hydrogens (tertiary/aromatic N) is 1. The summed E-state index contributed by atoms with van der Waals surface area (Å²) in [4.78, 5) is 13.3. The summed E-state index contributed by atoms with van der Waals surface area (Å²) in [5.74, 6) is 0.0765. The number of hydrogen-bond acceptors (Lipinski definition) is 4. The average molecular weight is 202 g/mol. The van der Waals surface area contributed by atoms with Crippen molar-refractivity contribution >= 4 is 5.91 Å². The first-order chi connectivity index (χ1) is 6.74. The van der Waals surface area contributed by atoms with Crippen molar-refractivity contribution in [1.29, 1.82) is 0 Å². The van der Waals surface area contributed by atoms with Crippen LogP contribution in [0.4, 0.5) is 0 Å². The van der Waals surface area contributed by atoms with Gasteiger partial charge in [-0.1, -0.05) is 0 Å². The first-order valence-corrected chi connectivity index (χ1v) is 5.01. The Morgan fingerprint density at radius 2 is 2.07 bits per heavy atom. The fraction of sp³-hybridized carbons (Fsp3) is 0.889. The van der Waals surface area contributed by atoms with E-state index in [-0.39, 0.29) is 25.6 Å². The minimum absolute atomic E-state index is 0.0765. The van der Waals surface area contributed by atoms with Crippen LogP contribution < -0.4 is 5.32 Å². The zero-order valence-corrected chi connectivity index (χ0v) is 8.28. The number of aliphatic hydroxyl groups excluding tert-OH is 2. The number of hydrogen-bond donors (Lipinski definition) is 3. The standard InChI is InChI=1S/C9H18N2O3/c12-7-8(13)5-10-6-9(14)11-3-1-2-4-11/h8,10,12-13H,1-7H2. The molecule has 82 valence electrons. The Balaban J connectivity index is 2.08. The quantitative estimate of drug-likeness (QED) is 0.510. The summed E-state index contributed by atoms with van der Waals surface area (Å²) in [5.41, 5.74) is 0. The summed E-state index contributed by atoms with van der Waals surface area (Å²) in [6, 6.07) is 0. The molecule has 5 nitrogen and oxygen atoms in total. The Hall–Kier alpha value is -0.650. The maximum atomic E-state index is 11.4. The molecule has 1 aliphatic rings. The van der Waals surface area contributed by atoms with E-state index in [1.54, 1.807) is 0 Å². The van der Waals surface area contributed by atoms with Crippen LogP contribution in [-0.4, -0.2) is 59.9 Å². The van der Waals surface area contributed by atoms with Gasteiger partial charge in [0.05, 0.1) is 19.3 Å². The number of aliphatic hydroxyl groups is 2. The lowest BCUT2D eigenvalue weighted by Crippen LogP contribution is -2.39. The van der Waals surface area contributed by atoms with Crippen LogP contribution in [0.5, 0.6) is 0 Å². The second kappa shape index (κ2) is 5.95. The zero-order valence-electron chi connectivity index (χ0n) is 8.28. The van der Waals surface area contributed by atoms with Crippen LogP contribution in [-0.2, 0) is 4.79 Å². The van der Waals surface area contributed by atoms with Crippen LogP contribution in [0.15, 0.2) is 0 Å². The molecule has 1 heterocycles. The molecule has 1 atom stereocenters. The summed E-state index contributed by atoms with van der Waals surface area (Å²) in [7, 11) is 0. The number of likely N-dealkylation sites (tertiary alicyclic amines) is 1. The molecular weight excluding hydrogens is 184 g/mol. The van der Waals surface area contributed by atoms with Crippen molar-refractivity contribution < 1.29 is 15.0 Å². The summed E-state index contributed by atoms with van der Waals surface area (Å²) in [5, 5.41) is 20.3. The Morgan fingerprint density at radius 3 is 2.64 bits per heavy atom. The van der Waals surface area contributed by atoms with E-state index in [4.69, 9.17) is 10.2 Å². The van der Waals surface area contributed by atoms with Crippen molar-refractivity contribution in [2.75, 3.05) is 32.8 Å². The minimum Gasteiger partial charge on any atom is -0.394 e. The molecular formula is C9H18N2O3. The van der Waals surface area contributed by atoms with Crippen molar-refractivity contribution in [3.8, 4) is 0 Å². The van der Waals surface area contributed by atoms with Crippen molar-refractivity contribution in [3.05, 3.63) is 0 Å². The minimum atomic E-state index is -0.777. The van der Waals surface area contributed by atoms with E-state index < -0.39 is 6.10 Å². The van der Waals surface area contributed by atoms with Gasteiger partial charge in [-0.25, -0.2) is 0 Å². The van der Waals surface area contributed by atoms with Gasteiger partial charge >= 0.3 is 0 Å². The average Bonchev–Trinajstić information content (AvgIpc) is 2.70. The van der Waals surface area contributed by atoms with Gasteiger partial charge in [-0.3, -0.25) is 4.79 Å². The van der Waals surface area contributed by atoms with E-state index in [1.165, 1.54) is 0 Å². The molecule has 1 rings (SSSR count). The van der Waals surface area contributed by atoms with E-state index in [0.29, 0.717) is 0 Å². The van der Waals surface area contributed by atoms with Gasteiger partial charge in [0, 0.05) is 19.6 Å². The van der Waals surface area contributed by atoms with Gasteiger partial charge in [0.15, 0.2) is 0 Å². The highest BCUT2D eigenvalue weighted by Crippen LogP contribution is 2.06. The molecule has 14 heavy (non-hydrogen) atoms. The molecule has 0 radical (unpaired) electrons. The molecule has 0 spiro atoms. The summed E-state index contributed by atoms with van der Waals surface area (Å²) < 4.78 is 0. The Morgan fingerprint density at radius 1 is 1.43 bits per heavy atom. The van der Waals surface area contributed by atoms with E-state index in [1.807, 2.05) is 4.90 Å². The van der Waals surface area contributed by atoms with Crippen molar-refractivity contribution in [1.82, 2.24) is 10.2 Å². The van der Waals surface area contributed by atoms with Gasteiger partial charge in [-0.2, -0.15) is 0 Å². The first-order valence-electron chi connectivity index (χ1n) is 5.01. The first kappa shape index (κ1) is 11.4. The van der Waals surface area contributed by atoms with Crippen molar-refractivity contribution in [3.63, 3.8) is 0 Å². The van der Waals surface area contributed by atoms with Crippen molar-refractivity contribution in [2.24, 2.45) is 0 Å².